The Morgan fingerprint density at radius 2 is 2.00 bits per heavy atom. The maximum atomic E-state index is 6.25. The molecule has 0 aliphatic carbocycles. The van der Waals surface area contributed by atoms with Crippen LogP contribution < -0.4 is 10.5 Å². The van der Waals surface area contributed by atoms with Crippen molar-refractivity contribution in [1.82, 2.24) is 0 Å². The van der Waals surface area contributed by atoms with Crippen molar-refractivity contribution < 1.29 is 9.47 Å². The first-order valence-electron chi connectivity index (χ1n) is 6.63. The second-order valence-corrected chi connectivity index (χ2v) is 4.83. The first-order chi connectivity index (χ1) is 8.58. The average Bonchev–Trinajstić information content (AvgIpc) is 2.34. The van der Waals surface area contributed by atoms with Gasteiger partial charge in [0.1, 0.15) is 5.75 Å². The van der Waals surface area contributed by atoms with Crippen LogP contribution in [0.15, 0.2) is 24.3 Å². The van der Waals surface area contributed by atoms with Crippen LogP contribution in [0.5, 0.6) is 5.75 Å². The molecule has 102 valence electrons. The summed E-state index contributed by atoms with van der Waals surface area (Å²) in [6.45, 7) is 6.17. The number of ether oxygens (including phenoxy) is 2. The molecule has 0 fully saturated rings. The molecule has 3 nitrogen and oxygen atoms in total. The largest absolute Gasteiger partial charge is 0.491 e. The normalized spacial score (nSPS) is 14.6. The highest BCUT2D eigenvalue weighted by Crippen LogP contribution is 2.24. The van der Waals surface area contributed by atoms with E-state index < -0.39 is 0 Å². The molecule has 0 aromatic heterocycles. The Morgan fingerprint density at radius 1 is 1.28 bits per heavy atom. The molecule has 0 amide bonds. The van der Waals surface area contributed by atoms with Gasteiger partial charge in [0, 0.05) is 7.11 Å². The van der Waals surface area contributed by atoms with Crippen LogP contribution in [0.25, 0.3) is 0 Å². The Bertz CT molecular complexity index is 352. The molecule has 2 N–H and O–H groups in total. The maximum absolute atomic E-state index is 6.25. The van der Waals surface area contributed by atoms with Crippen LogP contribution in [-0.4, -0.2) is 19.3 Å². The van der Waals surface area contributed by atoms with Gasteiger partial charge in [-0.3, -0.25) is 0 Å². The van der Waals surface area contributed by atoms with Gasteiger partial charge in [-0.05, 0) is 38.0 Å². The summed E-state index contributed by atoms with van der Waals surface area (Å²) in [5.41, 5.74) is 7.32. The average molecular weight is 251 g/mol. The standard InChI is InChI=1S/C15H25NO2/c1-5-7-14(17-4)15(16)12-8-6-9-13(10-12)18-11(2)3/h6,8-11,14-15H,5,7,16H2,1-4H3. The summed E-state index contributed by atoms with van der Waals surface area (Å²) >= 11 is 0. The van der Waals surface area contributed by atoms with Crippen molar-refractivity contribution in [1.29, 1.82) is 0 Å². The van der Waals surface area contributed by atoms with E-state index in [1.54, 1.807) is 7.11 Å². The first kappa shape index (κ1) is 15.0. The minimum atomic E-state index is -0.106. The van der Waals surface area contributed by atoms with Crippen molar-refractivity contribution in [3.05, 3.63) is 29.8 Å². The van der Waals surface area contributed by atoms with Crippen molar-refractivity contribution in [3.63, 3.8) is 0 Å². The molecule has 3 heteroatoms. The van der Waals surface area contributed by atoms with Crippen LogP contribution >= 0.6 is 0 Å². The van der Waals surface area contributed by atoms with Crippen molar-refractivity contribution in [3.8, 4) is 5.75 Å². The van der Waals surface area contributed by atoms with Gasteiger partial charge in [-0.2, -0.15) is 0 Å². The lowest BCUT2D eigenvalue weighted by Gasteiger charge is -2.23. The van der Waals surface area contributed by atoms with Gasteiger partial charge in [-0.25, -0.2) is 0 Å². The van der Waals surface area contributed by atoms with Gasteiger partial charge in [0.2, 0.25) is 0 Å². The number of hydrogen-bond acceptors (Lipinski definition) is 3. The second-order valence-electron chi connectivity index (χ2n) is 4.83. The fraction of sp³-hybridized carbons (Fsp3) is 0.600. The minimum Gasteiger partial charge on any atom is -0.491 e. The first-order valence-corrected chi connectivity index (χ1v) is 6.63. The number of nitrogens with two attached hydrogens (primary N) is 1. The highest BCUT2D eigenvalue weighted by Gasteiger charge is 2.18. The highest BCUT2D eigenvalue weighted by atomic mass is 16.5. The zero-order valence-corrected chi connectivity index (χ0v) is 11.8. The summed E-state index contributed by atoms with van der Waals surface area (Å²) in [6.07, 6.45) is 2.26. The van der Waals surface area contributed by atoms with Gasteiger partial charge in [-0.15, -0.1) is 0 Å². The molecule has 1 aromatic carbocycles. The van der Waals surface area contributed by atoms with E-state index in [1.807, 2.05) is 38.1 Å². The third-order valence-corrected chi connectivity index (χ3v) is 2.89. The molecule has 0 heterocycles. The highest BCUT2D eigenvalue weighted by molar-refractivity contribution is 5.31. The zero-order chi connectivity index (χ0) is 13.5. The molecule has 0 spiro atoms. The Labute approximate surface area is 110 Å². The predicted molar refractivity (Wildman–Crippen MR) is 74.8 cm³/mol. The fourth-order valence-corrected chi connectivity index (χ4v) is 2.01. The van der Waals surface area contributed by atoms with E-state index in [-0.39, 0.29) is 18.2 Å². The number of hydrogen-bond donors (Lipinski definition) is 1. The van der Waals surface area contributed by atoms with Gasteiger partial charge < -0.3 is 15.2 Å². The summed E-state index contributed by atoms with van der Waals surface area (Å²) in [6, 6.07) is 7.86. The van der Waals surface area contributed by atoms with E-state index in [1.165, 1.54) is 0 Å². The van der Waals surface area contributed by atoms with Crippen molar-refractivity contribution in [2.75, 3.05) is 7.11 Å². The molecule has 0 radical (unpaired) electrons. The molecule has 1 rings (SSSR count). The van der Waals surface area contributed by atoms with E-state index in [9.17, 15) is 0 Å². The van der Waals surface area contributed by atoms with Crippen LogP contribution in [0.1, 0.15) is 45.2 Å². The number of methoxy groups -OCH3 is 1. The number of benzene rings is 1. The third kappa shape index (κ3) is 4.31. The molecule has 2 unspecified atom stereocenters. The third-order valence-electron chi connectivity index (χ3n) is 2.89. The van der Waals surface area contributed by atoms with Crippen molar-refractivity contribution in [2.45, 2.75) is 51.9 Å². The summed E-state index contributed by atoms with van der Waals surface area (Å²) in [4.78, 5) is 0. The quantitative estimate of drug-likeness (QED) is 0.808. The van der Waals surface area contributed by atoms with Crippen molar-refractivity contribution in [2.24, 2.45) is 5.73 Å². The van der Waals surface area contributed by atoms with Crippen LogP contribution in [0, 0.1) is 0 Å². The van der Waals surface area contributed by atoms with E-state index in [2.05, 4.69) is 6.92 Å². The van der Waals surface area contributed by atoms with Crippen LogP contribution in [0.4, 0.5) is 0 Å². The van der Waals surface area contributed by atoms with Crippen LogP contribution in [-0.2, 0) is 4.74 Å². The summed E-state index contributed by atoms with van der Waals surface area (Å²) in [5, 5.41) is 0. The predicted octanol–water partition coefficient (Wildman–Crippen LogP) is 3.29. The maximum Gasteiger partial charge on any atom is 0.120 e. The monoisotopic (exact) mass is 251 g/mol. The lowest BCUT2D eigenvalue weighted by Crippen LogP contribution is -2.28. The van der Waals surface area contributed by atoms with Gasteiger partial charge in [-0.1, -0.05) is 25.5 Å². The molecule has 18 heavy (non-hydrogen) atoms. The molecule has 0 aliphatic rings. The van der Waals surface area contributed by atoms with Gasteiger partial charge in [0.15, 0.2) is 0 Å². The van der Waals surface area contributed by atoms with E-state index in [0.717, 1.165) is 24.2 Å². The van der Waals surface area contributed by atoms with Crippen LogP contribution in [0.3, 0.4) is 0 Å². The van der Waals surface area contributed by atoms with E-state index >= 15 is 0 Å². The Kier molecular flexibility index (Phi) is 6.16. The van der Waals surface area contributed by atoms with Gasteiger partial charge in [0.25, 0.3) is 0 Å². The molecule has 2 atom stereocenters. The zero-order valence-electron chi connectivity index (χ0n) is 11.8. The molecule has 0 aliphatic heterocycles. The SMILES string of the molecule is CCCC(OC)C(N)c1cccc(OC(C)C)c1. The Morgan fingerprint density at radius 3 is 2.56 bits per heavy atom. The smallest absolute Gasteiger partial charge is 0.120 e. The lowest BCUT2D eigenvalue weighted by molar-refractivity contribution is 0.0724. The molecule has 0 bridgehead atoms. The molecule has 1 aromatic rings. The fourth-order valence-electron chi connectivity index (χ4n) is 2.01. The van der Waals surface area contributed by atoms with Gasteiger partial charge >= 0.3 is 0 Å². The summed E-state index contributed by atoms with van der Waals surface area (Å²) in [5.74, 6) is 0.865. The topological polar surface area (TPSA) is 44.5 Å². The summed E-state index contributed by atoms with van der Waals surface area (Å²) < 4.78 is 11.1. The van der Waals surface area contributed by atoms with E-state index in [4.69, 9.17) is 15.2 Å². The molecule has 0 saturated carbocycles. The molecular formula is C15H25NO2. The van der Waals surface area contributed by atoms with Gasteiger partial charge in [0.05, 0.1) is 18.2 Å². The minimum absolute atomic E-state index is 0.0595. The van der Waals surface area contributed by atoms with Crippen molar-refractivity contribution >= 4 is 0 Å². The summed E-state index contributed by atoms with van der Waals surface area (Å²) in [7, 11) is 1.72. The Hall–Kier alpha value is -1.06. The molecular weight excluding hydrogens is 226 g/mol. The lowest BCUT2D eigenvalue weighted by atomic mass is 9.99. The van der Waals surface area contributed by atoms with E-state index in [0.29, 0.717) is 0 Å². The number of rotatable bonds is 7. The Balaban J connectivity index is 2.81. The molecule has 0 saturated heterocycles. The second kappa shape index (κ2) is 7.39. The van der Waals surface area contributed by atoms with Crippen LogP contribution in [0.2, 0.25) is 0 Å².